The van der Waals surface area contributed by atoms with Crippen LogP contribution in [0.3, 0.4) is 0 Å². The number of hydrogen-bond acceptors (Lipinski definition) is 3. The minimum absolute atomic E-state index is 0. The lowest BCUT2D eigenvalue weighted by Gasteiger charge is -2.12. The van der Waals surface area contributed by atoms with Crippen LogP contribution in [0.2, 0.25) is 0 Å². The molecule has 0 aliphatic rings. The van der Waals surface area contributed by atoms with Gasteiger partial charge in [-0.2, -0.15) is 0 Å². The van der Waals surface area contributed by atoms with Crippen molar-refractivity contribution in [2.45, 2.75) is 27.0 Å². The van der Waals surface area contributed by atoms with Crippen molar-refractivity contribution in [3.63, 3.8) is 0 Å². The molecule has 3 heterocycles. The number of fused-ring (bicyclic) bond motifs is 1. The maximum atomic E-state index is 13.5. The fourth-order valence-electron chi connectivity index (χ4n) is 3.34. The molecule has 0 N–H and O–H groups in total. The van der Waals surface area contributed by atoms with Crippen molar-refractivity contribution in [2.75, 3.05) is 0 Å². The fourth-order valence-corrected chi connectivity index (χ4v) is 3.34. The van der Waals surface area contributed by atoms with Crippen molar-refractivity contribution in [1.82, 2.24) is 14.5 Å². The molecule has 0 saturated carbocycles. The van der Waals surface area contributed by atoms with E-state index in [-0.39, 0.29) is 19.0 Å². The molecule has 29 heavy (non-hydrogen) atoms. The van der Waals surface area contributed by atoms with Crippen LogP contribution in [0.5, 0.6) is 5.75 Å². The summed E-state index contributed by atoms with van der Waals surface area (Å²) in [6, 6.07) is 10.9. The van der Waals surface area contributed by atoms with Crippen LogP contribution in [-0.2, 0) is 13.2 Å². The molecule has 4 nitrogen and oxygen atoms in total. The Bertz CT molecular complexity index is 1130. The average molecular weight is 416 g/mol. The second-order valence-corrected chi connectivity index (χ2v) is 6.69. The van der Waals surface area contributed by atoms with Crippen LogP contribution in [0, 0.1) is 25.5 Å². The molecule has 0 atom stereocenters. The summed E-state index contributed by atoms with van der Waals surface area (Å²) in [4.78, 5) is 8.91. The smallest absolute Gasteiger partial charge is 0.147 e. The van der Waals surface area contributed by atoms with E-state index < -0.39 is 11.6 Å². The molecule has 0 saturated heterocycles. The van der Waals surface area contributed by atoms with E-state index in [0.29, 0.717) is 17.9 Å². The van der Waals surface area contributed by atoms with E-state index >= 15 is 0 Å². The van der Waals surface area contributed by atoms with Crippen molar-refractivity contribution >= 4 is 23.4 Å². The van der Waals surface area contributed by atoms with Gasteiger partial charge in [0.15, 0.2) is 0 Å². The summed E-state index contributed by atoms with van der Waals surface area (Å²) in [5.41, 5.74) is 5.17. The Morgan fingerprint density at radius 3 is 2.41 bits per heavy atom. The Morgan fingerprint density at radius 2 is 1.72 bits per heavy atom. The molecule has 1 aromatic carbocycles. The maximum Gasteiger partial charge on any atom is 0.147 e. The molecule has 0 fully saturated rings. The highest BCUT2D eigenvalue weighted by Gasteiger charge is 2.17. The molecule has 7 heteroatoms. The van der Waals surface area contributed by atoms with Crippen LogP contribution < -0.4 is 4.74 Å². The van der Waals surface area contributed by atoms with Gasteiger partial charge in [-0.3, -0.25) is 9.97 Å². The summed E-state index contributed by atoms with van der Waals surface area (Å²) in [6.45, 7) is 4.69. The number of nitrogens with zero attached hydrogens (tertiary/aromatic N) is 3. The first-order valence-corrected chi connectivity index (χ1v) is 8.95. The molecule has 150 valence electrons. The van der Waals surface area contributed by atoms with E-state index in [0.717, 1.165) is 34.1 Å². The quantitative estimate of drug-likeness (QED) is 0.439. The van der Waals surface area contributed by atoms with Crippen LogP contribution in [0.15, 0.2) is 54.9 Å². The standard InChI is InChI=1S/C22H19F2N3O.ClH/c1-14-15(2)27(12-19-5-3-4-7-25-19)22-20(6-8-26-21(14)22)28-13-16-9-17(23)11-18(24)10-16;/h3-11H,12-13H2,1-2H3;1H. The van der Waals surface area contributed by atoms with E-state index in [1.54, 1.807) is 18.5 Å². The first-order valence-electron chi connectivity index (χ1n) is 8.95. The fraction of sp³-hybridized carbons (Fsp3) is 0.182. The van der Waals surface area contributed by atoms with Gasteiger partial charge in [-0.1, -0.05) is 6.07 Å². The third kappa shape index (κ3) is 4.22. The molecule has 4 rings (SSSR count). The van der Waals surface area contributed by atoms with Gasteiger partial charge in [-0.15, -0.1) is 12.4 Å². The summed E-state index contributed by atoms with van der Waals surface area (Å²) >= 11 is 0. The molecule has 0 aliphatic heterocycles. The lowest BCUT2D eigenvalue weighted by Crippen LogP contribution is -2.05. The van der Waals surface area contributed by atoms with Crippen LogP contribution in [0.1, 0.15) is 22.5 Å². The average Bonchev–Trinajstić information content (AvgIpc) is 2.92. The van der Waals surface area contributed by atoms with Gasteiger partial charge in [0.2, 0.25) is 0 Å². The second kappa shape index (κ2) is 8.57. The molecular formula is C22H20ClF2N3O. The van der Waals surface area contributed by atoms with Gasteiger partial charge < -0.3 is 9.30 Å². The molecule has 4 aromatic rings. The van der Waals surface area contributed by atoms with Gasteiger partial charge in [0.05, 0.1) is 17.8 Å². The minimum Gasteiger partial charge on any atom is -0.487 e. The van der Waals surface area contributed by atoms with Gasteiger partial charge in [0.1, 0.15) is 29.5 Å². The van der Waals surface area contributed by atoms with E-state index in [2.05, 4.69) is 14.5 Å². The number of benzene rings is 1. The van der Waals surface area contributed by atoms with Crippen molar-refractivity contribution in [3.8, 4) is 5.75 Å². The van der Waals surface area contributed by atoms with Gasteiger partial charge in [0.25, 0.3) is 0 Å². The highest BCUT2D eigenvalue weighted by Crippen LogP contribution is 2.32. The number of ether oxygens (including phenoxy) is 1. The topological polar surface area (TPSA) is 39.9 Å². The lowest BCUT2D eigenvalue weighted by atomic mass is 10.2. The zero-order valence-corrected chi connectivity index (χ0v) is 16.8. The van der Waals surface area contributed by atoms with Crippen LogP contribution in [-0.4, -0.2) is 14.5 Å². The summed E-state index contributed by atoms with van der Waals surface area (Å²) in [5.74, 6) is -0.630. The molecule has 0 aliphatic carbocycles. The first-order chi connectivity index (χ1) is 13.5. The summed E-state index contributed by atoms with van der Waals surface area (Å²) in [7, 11) is 0. The van der Waals surface area contributed by atoms with Crippen molar-refractivity contribution in [1.29, 1.82) is 0 Å². The number of aryl methyl sites for hydroxylation is 1. The largest absolute Gasteiger partial charge is 0.487 e. The first kappa shape index (κ1) is 20.7. The summed E-state index contributed by atoms with van der Waals surface area (Å²) in [6.07, 6.45) is 3.44. The Kier molecular flexibility index (Phi) is 6.13. The number of halogens is 3. The molecule has 0 spiro atoms. The lowest BCUT2D eigenvalue weighted by molar-refractivity contribution is 0.307. The Balaban J connectivity index is 0.00000240. The molecular weight excluding hydrogens is 396 g/mol. The zero-order valence-electron chi connectivity index (χ0n) is 16.0. The minimum atomic E-state index is -0.622. The highest BCUT2D eigenvalue weighted by molar-refractivity contribution is 5.86. The van der Waals surface area contributed by atoms with Gasteiger partial charge in [-0.25, -0.2) is 8.78 Å². The highest BCUT2D eigenvalue weighted by atomic mass is 35.5. The zero-order chi connectivity index (χ0) is 19.7. The molecule has 0 radical (unpaired) electrons. The predicted octanol–water partition coefficient (Wildman–Crippen LogP) is 5.38. The van der Waals surface area contributed by atoms with Gasteiger partial charge in [0, 0.05) is 30.2 Å². The van der Waals surface area contributed by atoms with Crippen LogP contribution in [0.25, 0.3) is 11.0 Å². The molecule has 0 amide bonds. The third-order valence-corrected chi connectivity index (χ3v) is 4.82. The number of hydrogen-bond donors (Lipinski definition) is 0. The molecule has 3 aromatic heterocycles. The van der Waals surface area contributed by atoms with Crippen LogP contribution in [0.4, 0.5) is 8.78 Å². The Morgan fingerprint density at radius 1 is 0.966 bits per heavy atom. The summed E-state index contributed by atoms with van der Waals surface area (Å²) in [5, 5.41) is 0. The number of pyridine rings is 2. The third-order valence-electron chi connectivity index (χ3n) is 4.82. The van der Waals surface area contributed by atoms with Gasteiger partial charge in [-0.05, 0) is 49.2 Å². The van der Waals surface area contributed by atoms with Crippen LogP contribution >= 0.6 is 12.4 Å². The van der Waals surface area contributed by atoms with E-state index in [9.17, 15) is 8.78 Å². The van der Waals surface area contributed by atoms with E-state index in [1.165, 1.54) is 12.1 Å². The monoisotopic (exact) mass is 415 g/mol. The van der Waals surface area contributed by atoms with Gasteiger partial charge >= 0.3 is 0 Å². The van der Waals surface area contributed by atoms with E-state index in [1.807, 2.05) is 32.0 Å². The molecule has 0 bridgehead atoms. The maximum absolute atomic E-state index is 13.5. The molecule has 0 unspecified atom stereocenters. The van der Waals surface area contributed by atoms with Crippen molar-refractivity contribution in [3.05, 3.63) is 89.0 Å². The number of rotatable bonds is 5. The summed E-state index contributed by atoms with van der Waals surface area (Å²) < 4.78 is 35.0. The Hall–Kier alpha value is -2.99. The van der Waals surface area contributed by atoms with E-state index in [4.69, 9.17) is 4.74 Å². The SMILES string of the molecule is Cc1c(C)n(Cc2ccccn2)c2c(OCc3cc(F)cc(F)c3)ccnc12.Cl. The predicted molar refractivity (Wildman–Crippen MR) is 110 cm³/mol. The van der Waals surface area contributed by atoms with Crippen molar-refractivity contribution < 1.29 is 13.5 Å². The number of aromatic nitrogens is 3. The Labute approximate surface area is 173 Å². The normalized spacial score (nSPS) is 10.8. The second-order valence-electron chi connectivity index (χ2n) is 6.69. The van der Waals surface area contributed by atoms with Crippen molar-refractivity contribution in [2.24, 2.45) is 0 Å².